The summed E-state index contributed by atoms with van der Waals surface area (Å²) < 4.78 is 15.5. The topological polar surface area (TPSA) is 61.8 Å². The zero-order chi connectivity index (χ0) is 15.8. The molecule has 114 valence electrons. The van der Waals surface area contributed by atoms with Crippen molar-refractivity contribution in [2.24, 2.45) is 0 Å². The lowest BCUT2D eigenvalue weighted by Crippen LogP contribution is -2.18. The van der Waals surface area contributed by atoms with E-state index in [2.05, 4.69) is 15.9 Å². The zero-order valence-corrected chi connectivity index (χ0v) is 13.7. The van der Waals surface area contributed by atoms with Crippen molar-refractivity contribution in [3.05, 3.63) is 33.8 Å². The van der Waals surface area contributed by atoms with Gasteiger partial charge in [0.15, 0.2) is 0 Å². The molecule has 5 nitrogen and oxygen atoms in total. The molecule has 1 rings (SSSR count). The molecule has 0 N–H and O–H groups in total. The quantitative estimate of drug-likeness (QED) is 0.339. The predicted octanol–water partition coefficient (Wildman–Crippen LogP) is 2.97. The van der Waals surface area contributed by atoms with Gasteiger partial charge < -0.3 is 14.2 Å². The number of benzene rings is 1. The zero-order valence-electron chi connectivity index (χ0n) is 12.1. The number of rotatable bonds is 6. The first-order chi connectivity index (χ1) is 10.0. The summed E-state index contributed by atoms with van der Waals surface area (Å²) in [4.78, 5) is 23.7. The molecule has 0 atom stereocenters. The van der Waals surface area contributed by atoms with Crippen LogP contribution in [0.1, 0.15) is 19.4 Å². The van der Waals surface area contributed by atoms with Crippen LogP contribution in [0.25, 0.3) is 6.08 Å². The molecule has 6 heteroatoms. The van der Waals surface area contributed by atoms with Gasteiger partial charge in [0, 0.05) is 4.47 Å². The molecule has 0 aromatic heterocycles. The lowest BCUT2D eigenvalue weighted by atomic mass is 10.1. The van der Waals surface area contributed by atoms with Crippen molar-refractivity contribution in [1.82, 2.24) is 0 Å². The van der Waals surface area contributed by atoms with Crippen molar-refractivity contribution >= 4 is 33.9 Å². The van der Waals surface area contributed by atoms with Gasteiger partial charge in [-0.25, -0.2) is 9.59 Å². The fourth-order valence-corrected chi connectivity index (χ4v) is 2.00. The Kier molecular flexibility index (Phi) is 6.94. The largest absolute Gasteiger partial charge is 0.497 e. The molecule has 0 spiro atoms. The van der Waals surface area contributed by atoms with E-state index >= 15 is 0 Å². The first-order valence-corrected chi connectivity index (χ1v) is 7.22. The van der Waals surface area contributed by atoms with Gasteiger partial charge in [0.1, 0.15) is 11.3 Å². The van der Waals surface area contributed by atoms with E-state index in [-0.39, 0.29) is 18.8 Å². The van der Waals surface area contributed by atoms with Crippen LogP contribution in [0.5, 0.6) is 5.75 Å². The van der Waals surface area contributed by atoms with E-state index in [9.17, 15) is 9.59 Å². The molecule has 0 saturated heterocycles. The van der Waals surface area contributed by atoms with E-state index in [1.54, 1.807) is 39.2 Å². The van der Waals surface area contributed by atoms with Crippen LogP contribution < -0.4 is 4.74 Å². The fourth-order valence-electron chi connectivity index (χ4n) is 1.53. The molecule has 0 saturated carbocycles. The maximum absolute atomic E-state index is 11.9. The second-order valence-corrected chi connectivity index (χ2v) is 4.74. The minimum Gasteiger partial charge on any atom is -0.497 e. The molecule has 0 aliphatic carbocycles. The minimum atomic E-state index is -0.710. The number of carbonyl (C=O) groups excluding carboxylic acids is 2. The number of ether oxygens (including phenoxy) is 3. The number of hydrogen-bond acceptors (Lipinski definition) is 5. The Morgan fingerprint density at radius 3 is 2.14 bits per heavy atom. The average molecular weight is 357 g/mol. The van der Waals surface area contributed by atoms with Gasteiger partial charge in [0.25, 0.3) is 0 Å². The summed E-state index contributed by atoms with van der Waals surface area (Å²) in [6, 6.07) is 5.19. The Hall–Kier alpha value is -1.82. The maximum Gasteiger partial charge on any atom is 0.345 e. The molecule has 0 aliphatic rings. The molecule has 0 amide bonds. The summed E-state index contributed by atoms with van der Waals surface area (Å²) in [5.74, 6) is -0.759. The van der Waals surface area contributed by atoms with E-state index in [1.807, 2.05) is 0 Å². The number of methoxy groups -OCH3 is 1. The lowest BCUT2D eigenvalue weighted by Gasteiger charge is -2.08. The van der Waals surface area contributed by atoms with Crippen LogP contribution in [-0.4, -0.2) is 32.3 Å². The van der Waals surface area contributed by atoms with Crippen LogP contribution in [0.15, 0.2) is 28.2 Å². The number of carbonyl (C=O) groups is 2. The predicted molar refractivity (Wildman–Crippen MR) is 81.9 cm³/mol. The normalized spacial score (nSPS) is 9.71. The molecule has 0 aliphatic heterocycles. The highest BCUT2D eigenvalue weighted by Gasteiger charge is 2.21. The van der Waals surface area contributed by atoms with Crippen LogP contribution in [-0.2, 0) is 19.1 Å². The lowest BCUT2D eigenvalue weighted by molar-refractivity contribution is -0.146. The maximum atomic E-state index is 11.9. The molecule has 0 fully saturated rings. The van der Waals surface area contributed by atoms with Crippen LogP contribution in [0, 0.1) is 0 Å². The third-order valence-corrected chi connectivity index (χ3v) is 3.18. The van der Waals surface area contributed by atoms with Gasteiger partial charge in [-0.1, -0.05) is 22.0 Å². The Morgan fingerprint density at radius 2 is 1.71 bits per heavy atom. The minimum absolute atomic E-state index is 0.149. The van der Waals surface area contributed by atoms with Gasteiger partial charge in [-0.05, 0) is 37.6 Å². The van der Waals surface area contributed by atoms with Crippen molar-refractivity contribution in [2.75, 3.05) is 20.3 Å². The SMILES string of the molecule is CCOC(=O)C(=Cc1ccc(OC)cc1Br)C(=O)OCC. The Balaban J connectivity index is 3.18. The van der Waals surface area contributed by atoms with Crippen molar-refractivity contribution in [2.45, 2.75) is 13.8 Å². The van der Waals surface area contributed by atoms with Crippen LogP contribution in [0.2, 0.25) is 0 Å². The third-order valence-electron chi connectivity index (χ3n) is 2.50. The second kappa shape index (κ2) is 8.46. The van der Waals surface area contributed by atoms with Crippen LogP contribution >= 0.6 is 15.9 Å². The highest BCUT2D eigenvalue weighted by molar-refractivity contribution is 9.10. The highest BCUT2D eigenvalue weighted by Crippen LogP contribution is 2.25. The fraction of sp³-hybridized carbons (Fsp3) is 0.333. The smallest absolute Gasteiger partial charge is 0.345 e. The van der Waals surface area contributed by atoms with E-state index in [1.165, 1.54) is 6.08 Å². The highest BCUT2D eigenvalue weighted by atomic mass is 79.9. The third kappa shape index (κ3) is 4.90. The molecule has 0 radical (unpaired) electrons. The standard InChI is InChI=1S/C15H17BrO5/c1-4-20-14(17)12(15(18)21-5-2)8-10-6-7-11(19-3)9-13(10)16/h6-9H,4-5H2,1-3H3. The van der Waals surface area contributed by atoms with Gasteiger partial charge in [-0.3, -0.25) is 0 Å². The molecule has 0 heterocycles. The van der Waals surface area contributed by atoms with E-state index in [0.29, 0.717) is 15.8 Å². The summed E-state index contributed by atoms with van der Waals surface area (Å²) in [7, 11) is 1.56. The Labute approximate surface area is 132 Å². The molecular weight excluding hydrogens is 340 g/mol. The summed E-state index contributed by atoms with van der Waals surface area (Å²) in [6.07, 6.45) is 1.43. The van der Waals surface area contributed by atoms with Crippen molar-refractivity contribution in [3.8, 4) is 5.75 Å². The Bertz CT molecular complexity index is 531. The summed E-state index contributed by atoms with van der Waals surface area (Å²) in [5, 5.41) is 0. The number of hydrogen-bond donors (Lipinski definition) is 0. The van der Waals surface area contributed by atoms with Crippen LogP contribution in [0.3, 0.4) is 0 Å². The summed E-state index contributed by atoms with van der Waals surface area (Å²) in [5.41, 5.74) is 0.497. The molecular formula is C15H17BrO5. The van der Waals surface area contributed by atoms with Crippen LogP contribution in [0.4, 0.5) is 0 Å². The summed E-state index contributed by atoms with van der Waals surface area (Å²) in [6.45, 7) is 3.70. The van der Waals surface area contributed by atoms with Gasteiger partial charge in [0.2, 0.25) is 0 Å². The van der Waals surface area contributed by atoms with E-state index < -0.39 is 11.9 Å². The number of halogens is 1. The van der Waals surface area contributed by atoms with Gasteiger partial charge in [-0.2, -0.15) is 0 Å². The van der Waals surface area contributed by atoms with Crippen molar-refractivity contribution in [3.63, 3.8) is 0 Å². The molecule has 1 aromatic carbocycles. The average Bonchev–Trinajstić information content (AvgIpc) is 2.46. The molecule has 21 heavy (non-hydrogen) atoms. The van der Waals surface area contributed by atoms with Crippen molar-refractivity contribution in [1.29, 1.82) is 0 Å². The van der Waals surface area contributed by atoms with Gasteiger partial charge in [-0.15, -0.1) is 0 Å². The second-order valence-electron chi connectivity index (χ2n) is 3.89. The van der Waals surface area contributed by atoms with E-state index in [4.69, 9.17) is 14.2 Å². The van der Waals surface area contributed by atoms with E-state index in [0.717, 1.165) is 0 Å². The Morgan fingerprint density at radius 1 is 1.14 bits per heavy atom. The summed E-state index contributed by atoms with van der Waals surface area (Å²) >= 11 is 3.36. The van der Waals surface area contributed by atoms with Gasteiger partial charge >= 0.3 is 11.9 Å². The first kappa shape index (κ1) is 17.2. The first-order valence-electron chi connectivity index (χ1n) is 6.42. The monoisotopic (exact) mass is 356 g/mol. The number of esters is 2. The molecule has 0 unspecified atom stereocenters. The van der Waals surface area contributed by atoms with Crippen molar-refractivity contribution < 1.29 is 23.8 Å². The van der Waals surface area contributed by atoms with Gasteiger partial charge in [0.05, 0.1) is 20.3 Å². The molecule has 1 aromatic rings. The molecule has 0 bridgehead atoms.